The van der Waals surface area contributed by atoms with Crippen LogP contribution in [0.3, 0.4) is 0 Å². The largest absolute Gasteiger partial charge is 0.343 e. The van der Waals surface area contributed by atoms with Gasteiger partial charge in [-0.25, -0.2) is 0 Å². The third-order valence-corrected chi connectivity index (χ3v) is 4.77. The van der Waals surface area contributed by atoms with Gasteiger partial charge in [-0.05, 0) is 12.1 Å². The quantitative estimate of drug-likeness (QED) is 0.679. The predicted octanol–water partition coefficient (Wildman–Crippen LogP) is 3.81. The van der Waals surface area contributed by atoms with Gasteiger partial charge in [0, 0.05) is 17.9 Å². The highest BCUT2D eigenvalue weighted by Gasteiger charge is 2.23. The number of rotatable bonds is 3. The highest BCUT2D eigenvalue weighted by Crippen LogP contribution is 2.33. The van der Waals surface area contributed by atoms with Gasteiger partial charge < -0.3 is 4.90 Å². The average molecular weight is 324 g/mol. The standard InChI is InChI=1S/C11H9Cl3N2OS/c12-7-2-1-6(9(13)10(7)14)8(17)5-16-3-4-18-11(16)15/h1-2,15H,3-5H2. The number of nitrogens with zero attached hydrogens (tertiary/aromatic N) is 1. The Bertz CT molecular complexity index is 521. The molecule has 1 N–H and O–H groups in total. The molecular formula is C11H9Cl3N2OS. The maximum Gasteiger partial charge on any atom is 0.183 e. The minimum atomic E-state index is -0.161. The van der Waals surface area contributed by atoms with Crippen LogP contribution in [0.25, 0.3) is 0 Å². The highest BCUT2D eigenvalue weighted by atomic mass is 35.5. The summed E-state index contributed by atoms with van der Waals surface area (Å²) in [7, 11) is 0. The second-order valence-electron chi connectivity index (χ2n) is 3.72. The fourth-order valence-electron chi connectivity index (χ4n) is 1.60. The van der Waals surface area contributed by atoms with Crippen molar-refractivity contribution in [2.75, 3.05) is 18.8 Å². The van der Waals surface area contributed by atoms with Gasteiger partial charge in [-0.15, -0.1) is 0 Å². The molecule has 0 aliphatic carbocycles. The molecule has 0 bridgehead atoms. The number of thioether (sulfide) groups is 1. The Balaban J connectivity index is 2.19. The molecule has 1 saturated heterocycles. The second-order valence-corrected chi connectivity index (χ2v) is 5.97. The summed E-state index contributed by atoms with van der Waals surface area (Å²) in [6, 6.07) is 3.11. The number of carbonyl (C=O) groups excluding carboxylic acids is 1. The van der Waals surface area contributed by atoms with E-state index in [1.165, 1.54) is 11.8 Å². The fourth-order valence-corrected chi connectivity index (χ4v) is 3.08. The summed E-state index contributed by atoms with van der Waals surface area (Å²) in [5, 5.41) is 8.75. The van der Waals surface area contributed by atoms with Crippen molar-refractivity contribution in [1.29, 1.82) is 5.41 Å². The van der Waals surface area contributed by atoms with Gasteiger partial charge in [0.15, 0.2) is 11.0 Å². The molecular weight excluding hydrogens is 315 g/mol. The van der Waals surface area contributed by atoms with E-state index in [1.807, 2.05) is 0 Å². The molecule has 1 aromatic carbocycles. The smallest absolute Gasteiger partial charge is 0.183 e. The fraction of sp³-hybridized carbons (Fsp3) is 0.273. The molecule has 1 aromatic rings. The predicted molar refractivity (Wildman–Crippen MR) is 77.6 cm³/mol. The number of Topliss-reactive ketones (excluding diaryl/α,β-unsaturated/α-hetero) is 1. The normalized spacial score (nSPS) is 15.3. The lowest BCUT2D eigenvalue weighted by atomic mass is 10.1. The summed E-state index contributed by atoms with van der Waals surface area (Å²) in [5.41, 5.74) is 0.343. The van der Waals surface area contributed by atoms with E-state index in [0.29, 0.717) is 22.3 Å². The van der Waals surface area contributed by atoms with Crippen LogP contribution in [-0.4, -0.2) is 34.7 Å². The Morgan fingerprint density at radius 2 is 2.06 bits per heavy atom. The SMILES string of the molecule is N=C1SCCN1CC(=O)c1ccc(Cl)c(Cl)c1Cl. The van der Waals surface area contributed by atoms with Crippen molar-refractivity contribution in [3.63, 3.8) is 0 Å². The van der Waals surface area contributed by atoms with Crippen LogP contribution in [0.4, 0.5) is 0 Å². The molecule has 1 fully saturated rings. The third-order valence-electron chi connectivity index (χ3n) is 2.56. The maximum absolute atomic E-state index is 12.1. The molecule has 0 aromatic heterocycles. The van der Waals surface area contributed by atoms with Gasteiger partial charge in [-0.2, -0.15) is 0 Å². The molecule has 7 heteroatoms. The summed E-state index contributed by atoms with van der Waals surface area (Å²) in [6.07, 6.45) is 0. The number of halogens is 3. The average Bonchev–Trinajstić information content (AvgIpc) is 2.72. The number of hydrogen-bond acceptors (Lipinski definition) is 3. The third kappa shape index (κ3) is 2.77. The molecule has 0 saturated carbocycles. The first-order valence-electron chi connectivity index (χ1n) is 5.13. The first-order valence-corrected chi connectivity index (χ1v) is 7.25. The van der Waals surface area contributed by atoms with Crippen LogP contribution >= 0.6 is 46.6 Å². The number of amidine groups is 1. The molecule has 3 nitrogen and oxygen atoms in total. The molecule has 0 atom stereocenters. The van der Waals surface area contributed by atoms with Crippen molar-refractivity contribution < 1.29 is 4.79 Å². The summed E-state index contributed by atoms with van der Waals surface area (Å²) >= 11 is 19.1. The van der Waals surface area contributed by atoms with Crippen LogP contribution in [0.15, 0.2) is 12.1 Å². The molecule has 18 heavy (non-hydrogen) atoms. The second kappa shape index (κ2) is 5.70. The lowest BCUT2D eigenvalue weighted by Gasteiger charge is -2.16. The van der Waals surface area contributed by atoms with Gasteiger partial charge in [-0.3, -0.25) is 10.2 Å². The molecule has 1 aliphatic rings. The van der Waals surface area contributed by atoms with Gasteiger partial charge in [0.25, 0.3) is 0 Å². The van der Waals surface area contributed by atoms with E-state index in [2.05, 4.69) is 0 Å². The van der Waals surface area contributed by atoms with Crippen molar-refractivity contribution in [2.24, 2.45) is 0 Å². The summed E-state index contributed by atoms with van der Waals surface area (Å²) in [6.45, 7) is 0.845. The minimum Gasteiger partial charge on any atom is -0.343 e. The van der Waals surface area contributed by atoms with E-state index >= 15 is 0 Å². The Kier molecular flexibility index (Phi) is 4.43. The topological polar surface area (TPSA) is 44.2 Å². The molecule has 96 valence electrons. The van der Waals surface area contributed by atoms with E-state index in [-0.39, 0.29) is 22.4 Å². The van der Waals surface area contributed by atoms with Crippen molar-refractivity contribution in [1.82, 2.24) is 4.90 Å². The molecule has 0 amide bonds. The van der Waals surface area contributed by atoms with Crippen LogP contribution in [0.1, 0.15) is 10.4 Å². The molecule has 0 radical (unpaired) electrons. The molecule has 0 spiro atoms. The first-order chi connectivity index (χ1) is 8.50. The van der Waals surface area contributed by atoms with E-state index in [4.69, 9.17) is 40.2 Å². The zero-order valence-electron chi connectivity index (χ0n) is 9.17. The number of ketones is 1. The zero-order valence-corrected chi connectivity index (χ0v) is 12.3. The van der Waals surface area contributed by atoms with Crippen LogP contribution in [0, 0.1) is 5.41 Å². The monoisotopic (exact) mass is 322 g/mol. The van der Waals surface area contributed by atoms with Gasteiger partial charge in [0.2, 0.25) is 0 Å². The molecule has 0 unspecified atom stereocenters. The molecule has 1 heterocycles. The van der Waals surface area contributed by atoms with Crippen molar-refractivity contribution in [3.8, 4) is 0 Å². The first kappa shape index (κ1) is 14.0. The van der Waals surface area contributed by atoms with Gasteiger partial charge in [0.1, 0.15) is 0 Å². The van der Waals surface area contributed by atoms with Crippen molar-refractivity contribution in [3.05, 3.63) is 32.8 Å². The minimum absolute atomic E-state index is 0.142. The Labute approximate surface area is 124 Å². The molecule has 2 rings (SSSR count). The highest BCUT2D eigenvalue weighted by molar-refractivity contribution is 8.14. The van der Waals surface area contributed by atoms with E-state index in [9.17, 15) is 4.79 Å². The van der Waals surface area contributed by atoms with E-state index in [0.717, 1.165) is 5.75 Å². The van der Waals surface area contributed by atoms with E-state index < -0.39 is 0 Å². The summed E-state index contributed by atoms with van der Waals surface area (Å²) in [5.74, 6) is 0.673. The number of hydrogen-bond donors (Lipinski definition) is 1. The van der Waals surface area contributed by atoms with Crippen LogP contribution in [-0.2, 0) is 0 Å². The number of nitrogens with one attached hydrogen (secondary N) is 1. The number of benzene rings is 1. The van der Waals surface area contributed by atoms with Crippen molar-refractivity contribution in [2.45, 2.75) is 0 Å². The van der Waals surface area contributed by atoms with Gasteiger partial charge in [0.05, 0.1) is 21.6 Å². The number of carbonyl (C=O) groups is 1. The van der Waals surface area contributed by atoms with Crippen LogP contribution < -0.4 is 0 Å². The van der Waals surface area contributed by atoms with E-state index in [1.54, 1.807) is 17.0 Å². The Morgan fingerprint density at radius 1 is 1.33 bits per heavy atom. The van der Waals surface area contributed by atoms with Crippen LogP contribution in [0.2, 0.25) is 15.1 Å². The van der Waals surface area contributed by atoms with Gasteiger partial charge >= 0.3 is 0 Å². The Hall–Kier alpha value is -0.420. The zero-order chi connectivity index (χ0) is 13.3. The maximum atomic E-state index is 12.1. The van der Waals surface area contributed by atoms with Crippen molar-refractivity contribution >= 4 is 57.5 Å². The summed E-state index contributed by atoms with van der Waals surface area (Å²) in [4.78, 5) is 13.8. The van der Waals surface area contributed by atoms with Gasteiger partial charge in [-0.1, -0.05) is 46.6 Å². The Morgan fingerprint density at radius 3 is 2.67 bits per heavy atom. The summed E-state index contributed by atoms with van der Waals surface area (Å²) < 4.78 is 0. The lowest BCUT2D eigenvalue weighted by molar-refractivity contribution is 0.0966. The van der Waals surface area contributed by atoms with Crippen LogP contribution in [0.5, 0.6) is 0 Å². The molecule has 1 aliphatic heterocycles. The lowest BCUT2D eigenvalue weighted by Crippen LogP contribution is -2.30.